The summed E-state index contributed by atoms with van der Waals surface area (Å²) < 4.78 is 5.01. The number of carbonyl (C=O) groups is 2. The fraction of sp³-hybridized carbons (Fsp3) is 0.654. The predicted octanol–water partition coefficient (Wildman–Crippen LogP) is 3.17. The molecule has 2 amide bonds. The minimum atomic E-state index is -0.738. The van der Waals surface area contributed by atoms with Gasteiger partial charge >= 0.3 is 0 Å². The van der Waals surface area contributed by atoms with E-state index in [1.165, 1.54) is 0 Å². The number of hydrogen-bond donors (Lipinski definition) is 3. The molecule has 7 nitrogen and oxygen atoms in total. The number of ether oxygens (including phenoxy) is 1. The summed E-state index contributed by atoms with van der Waals surface area (Å²) >= 11 is 0. The lowest BCUT2D eigenvalue weighted by Gasteiger charge is -2.50. The van der Waals surface area contributed by atoms with Crippen molar-refractivity contribution in [2.75, 3.05) is 20.3 Å². The van der Waals surface area contributed by atoms with Gasteiger partial charge in [-0.3, -0.25) is 9.59 Å². The summed E-state index contributed by atoms with van der Waals surface area (Å²) in [5.74, 6) is 0.00775. The molecular formula is C26H37N3O4. The van der Waals surface area contributed by atoms with Gasteiger partial charge in [-0.15, -0.1) is 0 Å². The van der Waals surface area contributed by atoms with Crippen LogP contribution in [0.15, 0.2) is 24.3 Å². The van der Waals surface area contributed by atoms with Gasteiger partial charge in [-0.05, 0) is 80.0 Å². The minimum Gasteiger partial charge on any atom is -0.390 e. The molecule has 2 saturated carbocycles. The van der Waals surface area contributed by atoms with Crippen molar-refractivity contribution in [3.05, 3.63) is 35.4 Å². The van der Waals surface area contributed by atoms with E-state index in [0.717, 1.165) is 12.8 Å². The molecule has 1 aromatic carbocycles. The van der Waals surface area contributed by atoms with Gasteiger partial charge in [0.05, 0.1) is 23.8 Å². The summed E-state index contributed by atoms with van der Waals surface area (Å²) in [6, 6.07) is 8.62. The normalized spacial score (nSPS) is 30.2. The number of nitriles is 1. The third-order valence-electron chi connectivity index (χ3n) is 7.86. The summed E-state index contributed by atoms with van der Waals surface area (Å²) in [7, 11) is 1.60. The van der Waals surface area contributed by atoms with Crippen LogP contribution in [0.1, 0.15) is 75.2 Å². The maximum Gasteiger partial charge on any atom is 0.251 e. The lowest BCUT2D eigenvalue weighted by molar-refractivity contribution is -0.123. The van der Waals surface area contributed by atoms with Gasteiger partial charge < -0.3 is 20.5 Å². The number of nitrogens with zero attached hydrogens (tertiary/aromatic N) is 1. The van der Waals surface area contributed by atoms with Crippen molar-refractivity contribution < 1.29 is 19.4 Å². The van der Waals surface area contributed by atoms with Gasteiger partial charge in [0.2, 0.25) is 5.91 Å². The molecule has 0 bridgehead atoms. The van der Waals surface area contributed by atoms with E-state index in [9.17, 15) is 14.7 Å². The third-order valence-corrected chi connectivity index (χ3v) is 7.86. The molecule has 0 heterocycles. The molecule has 1 aromatic rings. The lowest BCUT2D eigenvalue weighted by atomic mass is 9.57. The molecule has 2 fully saturated rings. The van der Waals surface area contributed by atoms with Crippen LogP contribution in [-0.4, -0.2) is 48.8 Å². The van der Waals surface area contributed by atoms with Crippen molar-refractivity contribution in [3.63, 3.8) is 0 Å². The second kappa shape index (κ2) is 9.82. The molecular weight excluding hydrogens is 418 g/mol. The van der Waals surface area contributed by atoms with Crippen LogP contribution in [0.2, 0.25) is 0 Å². The Labute approximate surface area is 196 Å². The quantitative estimate of drug-likeness (QED) is 0.522. The van der Waals surface area contributed by atoms with Crippen molar-refractivity contribution in [3.8, 4) is 6.07 Å². The van der Waals surface area contributed by atoms with E-state index in [4.69, 9.17) is 10.00 Å². The molecule has 3 rings (SSSR count). The Balaban J connectivity index is 1.83. The van der Waals surface area contributed by atoms with Crippen LogP contribution >= 0.6 is 0 Å². The zero-order valence-corrected chi connectivity index (χ0v) is 20.2. The highest BCUT2D eigenvalue weighted by molar-refractivity contribution is 5.94. The number of aliphatic hydroxyl groups is 1. The van der Waals surface area contributed by atoms with Crippen molar-refractivity contribution >= 4 is 11.8 Å². The van der Waals surface area contributed by atoms with Crippen LogP contribution in [-0.2, 0) is 9.53 Å². The number of nitrogens with one attached hydrogen (secondary N) is 2. The van der Waals surface area contributed by atoms with E-state index in [2.05, 4.69) is 30.6 Å². The maximum absolute atomic E-state index is 13.1. The molecule has 0 radical (unpaired) electrons. The Bertz CT molecular complexity index is 903. The van der Waals surface area contributed by atoms with Crippen molar-refractivity contribution in [2.45, 2.75) is 70.9 Å². The Hall–Kier alpha value is -2.43. The molecule has 7 heteroatoms. The van der Waals surface area contributed by atoms with Gasteiger partial charge in [-0.25, -0.2) is 0 Å². The maximum atomic E-state index is 13.1. The number of fused-ring (bicyclic) bond motifs is 1. The van der Waals surface area contributed by atoms with Gasteiger partial charge in [-0.2, -0.15) is 5.26 Å². The second-order valence-corrected chi connectivity index (χ2v) is 10.7. The molecule has 0 saturated heterocycles. The topological polar surface area (TPSA) is 111 Å². The van der Waals surface area contributed by atoms with E-state index in [1.54, 1.807) is 31.4 Å². The number of methoxy groups -OCH3 is 1. The number of rotatable bonds is 8. The second-order valence-electron chi connectivity index (χ2n) is 10.7. The Morgan fingerprint density at radius 1 is 1.18 bits per heavy atom. The molecule has 0 aromatic heterocycles. The molecule has 2 aliphatic rings. The number of hydrogen-bond acceptors (Lipinski definition) is 5. The van der Waals surface area contributed by atoms with E-state index in [1.807, 2.05) is 6.92 Å². The molecule has 2 aliphatic carbocycles. The first-order valence-electron chi connectivity index (χ1n) is 11.8. The minimum absolute atomic E-state index is 0.0145. The summed E-state index contributed by atoms with van der Waals surface area (Å²) in [6.45, 7) is 7.26. The Morgan fingerprint density at radius 2 is 1.88 bits per heavy atom. The fourth-order valence-electron chi connectivity index (χ4n) is 6.10. The first-order valence-corrected chi connectivity index (χ1v) is 11.8. The molecule has 3 N–H and O–H groups in total. The van der Waals surface area contributed by atoms with Crippen molar-refractivity contribution in [2.24, 2.45) is 16.7 Å². The highest BCUT2D eigenvalue weighted by atomic mass is 16.5. The molecule has 33 heavy (non-hydrogen) atoms. The summed E-state index contributed by atoms with van der Waals surface area (Å²) in [5.41, 5.74) is -0.0470. The van der Waals surface area contributed by atoms with Crippen LogP contribution < -0.4 is 10.6 Å². The fourth-order valence-corrected chi connectivity index (χ4v) is 6.10. The first-order chi connectivity index (χ1) is 15.5. The standard InChI is InChI=1S/C26H37N3O4/c1-24(2)16-21(29-23(31)19-7-5-18(17-27)6-8-19)26(10-9-22(30)28-13-14-33-4)12-11-25(3,32)15-20(24)26/h5-8,20-21,32H,9-16H2,1-4H3,(H,28,30)(H,29,31). The van der Waals surface area contributed by atoms with Crippen LogP contribution in [0.5, 0.6) is 0 Å². The van der Waals surface area contributed by atoms with Gasteiger partial charge in [0.15, 0.2) is 0 Å². The molecule has 0 aliphatic heterocycles. The smallest absolute Gasteiger partial charge is 0.251 e. The summed E-state index contributed by atoms with van der Waals surface area (Å²) in [6.07, 6.45) is 3.90. The first kappa shape index (κ1) is 25.2. The monoisotopic (exact) mass is 455 g/mol. The highest BCUT2D eigenvalue weighted by Crippen LogP contribution is 2.63. The van der Waals surface area contributed by atoms with E-state index in [-0.39, 0.29) is 34.6 Å². The lowest BCUT2D eigenvalue weighted by Crippen LogP contribution is -2.52. The van der Waals surface area contributed by atoms with Crippen LogP contribution in [0.4, 0.5) is 0 Å². The zero-order chi connectivity index (χ0) is 24.3. The molecule has 0 spiro atoms. The van der Waals surface area contributed by atoms with Crippen molar-refractivity contribution in [1.29, 1.82) is 5.26 Å². The molecule has 4 unspecified atom stereocenters. The molecule has 4 atom stereocenters. The largest absolute Gasteiger partial charge is 0.390 e. The summed E-state index contributed by atoms with van der Waals surface area (Å²) in [5, 5.41) is 26.1. The van der Waals surface area contributed by atoms with E-state index in [0.29, 0.717) is 50.0 Å². The number of carbonyl (C=O) groups excluding carboxylic acids is 2. The average Bonchev–Trinajstić information content (AvgIpc) is 2.98. The zero-order valence-electron chi connectivity index (χ0n) is 20.2. The van der Waals surface area contributed by atoms with Gasteiger partial charge in [0.25, 0.3) is 5.91 Å². The van der Waals surface area contributed by atoms with Gasteiger partial charge in [0.1, 0.15) is 0 Å². The van der Waals surface area contributed by atoms with E-state index >= 15 is 0 Å². The van der Waals surface area contributed by atoms with Crippen LogP contribution in [0, 0.1) is 28.1 Å². The van der Waals surface area contributed by atoms with E-state index < -0.39 is 5.60 Å². The Kier molecular flexibility index (Phi) is 7.50. The highest BCUT2D eigenvalue weighted by Gasteiger charge is 2.61. The predicted molar refractivity (Wildman–Crippen MR) is 125 cm³/mol. The Morgan fingerprint density at radius 3 is 2.52 bits per heavy atom. The molecule has 180 valence electrons. The average molecular weight is 456 g/mol. The van der Waals surface area contributed by atoms with Gasteiger partial charge in [-0.1, -0.05) is 13.8 Å². The van der Waals surface area contributed by atoms with Crippen LogP contribution in [0.25, 0.3) is 0 Å². The number of amides is 2. The van der Waals surface area contributed by atoms with Crippen molar-refractivity contribution in [1.82, 2.24) is 10.6 Å². The van der Waals surface area contributed by atoms with Crippen LogP contribution in [0.3, 0.4) is 0 Å². The third kappa shape index (κ3) is 5.56. The summed E-state index contributed by atoms with van der Waals surface area (Å²) in [4.78, 5) is 25.6. The number of benzene rings is 1. The van der Waals surface area contributed by atoms with Gasteiger partial charge in [0, 0.05) is 31.7 Å². The SMILES string of the molecule is COCCNC(=O)CCC12CCC(C)(O)CC1C(C)(C)CC2NC(=O)c1ccc(C#N)cc1.